The molecule has 1 aromatic carbocycles. The Labute approximate surface area is 291 Å². The molecule has 2 heterocycles. The number of nitrogens with one attached hydrogen (secondary N) is 5. The van der Waals surface area contributed by atoms with Gasteiger partial charge in [-0.05, 0) is 30.4 Å². The molecule has 5 amide bonds. The molecule has 0 saturated carbocycles. The zero-order valence-corrected chi connectivity index (χ0v) is 28.0. The van der Waals surface area contributed by atoms with E-state index in [1.165, 1.54) is 0 Å². The van der Waals surface area contributed by atoms with Crippen LogP contribution in [0.3, 0.4) is 0 Å². The number of hydrogen-bond donors (Lipinski definition) is 10. The number of nitrogens with zero attached hydrogens (tertiary/aromatic N) is 1. The van der Waals surface area contributed by atoms with Crippen LogP contribution in [-0.2, 0) is 44.8 Å². The molecule has 1 saturated heterocycles. The number of benzene rings is 1. The SMILES string of the molecule is CC(C)[C@H](NC(=O)[C@H](Cc1c[nH]c2ccccc12)NC(=O)[C@@H]1CCCN1C(=O)[C@H](CC(=O)O)NC(=O)[C@H](CO)NC(=O)[C@@H](N)CC(=O)O)C(=O)O. The van der Waals surface area contributed by atoms with Crippen molar-refractivity contribution in [1.82, 2.24) is 31.2 Å². The van der Waals surface area contributed by atoms with Crippen molar-refractivity contribution < 1.29 is 58.8 Å². The van der Waals surface area contributed by atoms with Crippen LogP contribution in [0.2, 0.25) is 0 Å². The molecular weight excluding hydrogens is 674 g/mol. The van der Waals surface area contributed by atoms with Crippen LogP contribution in [-0.4, -0.2) is 127 Å². The van der Waals surface area contributed by atoms with E-state index in [4.69, 9.17) is 10.8 Å². The molecule has 278 valence electrons. The first-order valence-corrected chi connectivity index (χ1v) is 16.1. The van der Waals surface area contributed by atoms with E-state index >= 15 is 0 Å². The Bertz CT molecular complexity index is 1640. The van der Waals surface area contributed by atoms with Gasteiger partial charge in [0, 0.05) is 30.1 Å². The number of hydrogen-bond acceptors (Lipinski definition) is 10. The molecule has 1 aromatic heterocycles. The fraction of sp³-hybridized carbons (Fsp3) is 0.500. The second kappa shape index (κ2) is 17.9. The van der Waals surface area contributed by atoms with Gasteiger partial charge in [-0.2, -0.15) is 0 Å². The van der Waals surface area contributed by atoms with Crippen molar-refractivity contribution >= 4 is 58.3 Å². The van der Waals surface area contributed by atoms with Crippen LogP contribution in [0.5, 0.6) is 0 Å². The van der Waals surface area contributed by atoms with Crippen molar-refractivity contribution in [3.8, 4) is 0 Å². The van der Waals surface area contributed by atoms with Crippen molar-refractivity contribution in [3.63, 3.8) is 0 Å². The largest absolute Gasteiger partial charge is 0.481 e. The molecule has 51 heavy (non-hydrogen) atoms. The predicted molar refractivity (Wildman–Crippen MR) is 177 cm³/mol. The number of H-pyrrole nitrogens is 1. The lowest BCUT2D eigenvalue weighted by Gasteiger charge is -2.30. The second-order valence-corrected chi connectivity index (χ2v) is 12.5. The minimum atomic E-state index is -1.77. The van der Waals surface area contributed by atoms with Crippen molar-refractivity contribution in [2.24, 2.45) is 11.7 Å². The van der Waals surface area contributed by atoms with Crippen LogP contribution in [0.15, 0.2) is 30.5 Å². The average Bonchev–Trinajstić information content (AvgIpc) is 3.72. The van der Waals surface area contributed by atoms with Crippen molar-refractivity contribution in [3.05, 3.63) is 36.0 Å². The Morgan fingerprint density at radius 1 is 0.863 bits per heavy atom. The normalized spacial score (nSPS) is 17.1. The maximum absolute atomic E-state index is 13.8. The zero-order chi connectivity index (χ0) is 38.0. The van der Waals surface area contributed by atoms with E-state index in [1.54, 1.807) is 38.2 Å². The highest BCUT2D eigenvalue weighted by molar-refractivity contribution is 5.98. The summed E-state index contributed by atoms with van der Waals surface area (Å²) >= 11 is 0. The third-order valence-electron chi connectivity index (χ3n) is 8.34. The highest BCUT2D eigenvalue weighted by Gasteiger charge is 2.40. The molecule has 2 aromatic rings. The van der Waals surface area contributed by atoms with Crippen LogP contribution >= 0.6 is 0 Å². The summed E-state index contributed by atoms with van der Waals surface area (Å²) in [4.78, 5) is 105. The van der Waals surface area contributed by atoms with Crippen LogP contribution in [0.1, 0.15) is 45.1 Å². The first-order chi connectivity index (χ1) is 24.0. The van der Waals surface area contributed by atoms with E-state index < -0.39 is 109 Å². The van der Waals surface area contributed by atoms with Gasteiger partial charge < -0.3 is 57.3 Å². The maximum atomic E-state index is 13.8. The van der Waals surface area contributed by atoms with E-state index in [0.717, 1.165) is 15.8 Å². The lowest BCUT2D eigenvalue weighted by Crippen LogP contribution is -2.60. The Hall–Kier alpha value is -5.56. The second-order valence-electron chi connectivity index (χ2n) is 12.5. The van der Waals surface area contributed by atoms with Gasteiger partial charge in [-0.1, -0.05) is 32.0 Å². The van der Waals surface area contributed by atoms with E-state index in [1.807, 2.05) is 6.07 Å². The summed E-state index contributed by atoms with van der Waals surface area (Å²) in [5.41, 5.74) is 6.89. The predicted octanol–water partition coefficient (Wildman–Crippen LogP) is -2.35. The molecule has 0 bridgehead atoms. The van der Waals surface area contributed by atoms with Crippen LogP contribution in [0.4, 0.5) is 0 Å². The molecular formula is C32H43N7O12. The smallest absolute Gasteiger partial charge is 0.326 e. The lowest BCUT2D eigenvalue weighted by molar-refractivity contribution is -0.146. The number of para-hydroxylation sites is 1. The summed E-state index contributed by atoms with van der Waals surface area (Å²) in [6, 6.07) is -1.67. The van der Waals surface area contributed by atoms with E-state index in [9.17, 15) is 53.7 Å². The third-order valence-corrected chi connectivity index (χ3v) is 8.34. The quantitative estimate of drug-likeness (QED) is 0.0773. The fourth-order valence-corrected chi connectivity index (χ4v) is 5.67. The minimum Gasteiger partial charge on any atom is -0.481 e. The Morgan fingerprint density at radius 2 is 1.49 bits per heavy atom. The summed E-state index contributed by atoms with van der Waals surface area (Å²) in [7, 11) is 0. The van der Waals surface area contributed by atoms with Gasteiger partial charge in [-0.3, -0.25) is 33.6 Å². The van der Waals surface area contributed by atoms with Gasteiger partial charge in [0.05, 0.1) is 25.5 Å². The number of aliphatic hydroxyl groups is 1. The minimum absolute atomic E-state index is 0.0269. The standard InChI is InChI=1S/C32H43N7O12/c1-15(2)26(32(50)51)38-28(46)20(10-16-13-34-19-7-4-3-6-17(16)19)35-30(48)23-8-5-9-39(23)31(49)21(12-25(43)44)36-29(47)22(14-40)37-27(45)18(33)11-24(41)42/h3-4,6-7,13,15,18,20-23,26,34,40H,5,8-12,14,33H2,1-2H3,(H,35,48)(H,36,47)(H,37,45)(H,38,46)(H,41,42)(H,43,44)(H,50,51)/t18-,20-,21-,22-,23-,26-/m0/s1. The number of carboxylic acid groups (broad SMARTS) is 3. The Kier molecular flexibility index (Phi) is 14.0. The highest BCUT2D eigenvalue weighted by Crippen LogP contribution is 2.22. The van der Waals surface area contributed by atoms with Gasteiger partial charge in [-0.25, -0.2) is 4.79 Å². The number of aromatic nitrogens is 1. The first-order valence-electron chi connectivity index (χ1n) is 16.1. The van der Waals surface area contributed by atoms with Gasteiger partial charge >= 0.3 is 17.9 Å². The summed E-state index contributed by atoms with van der Waals surface area (Å²) in [6.07, 6.45) is 0.259. The number of nitrogens with two attached hydrogens (primary N) is 1. The van der Waals surface area contributed by atoms with Crippen LogP contribution in [0, 0.1) is 5.92 Å². The number of aliphatic hydroxyl groups excluding tert-OH is 1. The zero-order valence-electron chi connectivity index (χ0n) is 28.0. The monoisotopic (exact) mass is 717 g/mol. The average molecular weight is 718 g/mol. The van der Waals surface area contributed by atoms with E-state index in [-0.39, 0.29) is 19.4 Å². The number of likely N-dealkylation sites (tertiary alicyclic amines) is 1. The van der Waals surface area contributed by atoms with E-state index in [0.29, 0.717) is 12.0 Å². The van der Waals surface area contributed by atoms with Gasteiger partial charge in [-0.15, -0.1) is 0 Å². The van der Waals surface area contributed by atoms with Gasteiger partial charge in [0.2, 0.25) is 29.5 Å². The van der Waals surface area contributed by atoms with Gasteiger partial charge in [0.25, 0.3) is 0 Å². The molecule has 0 spiro atoms. The molecule has 1 aliphatic heterocycles. The van der Waals surface area contributed by atoms with Gasteiger partial charge in [0.15, 0.2) is 0 Å². The Morgan fingerprint density at radius 3 is 2.10 bits per heavy atom. The molecule has 0 unspecified atom stereocenters. The fourth-order valence-electron chi connectivity index (χ4n) is 5.67. The number of amides is 5. The molecule has 19 nitrogen and oxygen atoms in total. The maximum Gasteiger partial charge on any atom is 0.326 e. The summed E-state index contributed by atoms with van der Waals surface area (Å²) in [6.45, 7) is 2.16. The Balaban J connectivity index is 1.82. The van der Waals surface area contributed by atoms with E-state index in [2.05, 4.69) is 26.3 Å². The molecule has 3 rings (SSSR count). The number of rotatable bonds is 18. The van der Waals surface area contributed by atoms with Crippen molar-refractivity contribution in [2.45, 2.75) is 82.2 Å². The van der Waals surface area contributed by atoms with Crippen LogP contribution < -0.4 is 27.0 Å². The van der Waals surface area contributed by atoms with Gasteiger partial charge in [0.1, 0.15) is 30.2 Å². The molecule has 11 N–H and O–H groups in total. The highest BCUT2D eigenvalue weighted by atomic mass is 16.4. The number of aliphatic carboxylic acids is 3. The number of carboxylic acids is 3. The summed E-state index contributed by atoms with van der Waals surface area (Å²) < 4.78 is 0. The number of aromatic amines is 1. The topological polar surface area (TPSA) is 311 Å². The first kappa shape index (κ1) is 39.9. The molecule has 1 fully saturated rings. The van der Waals surface area contributed by atoms with Crippen molar-refractivity contribution in [1.29, 1.82) is 0 Å². The van der Waals surface area contributed by atoms with Crippen molar-refractivity contribution in [2.75, 3.05) is 13.2 Å². The van der Waals surface area contributed by atoms with Crippen LogP contribution in [0.25, 0.3) is 10.9 Å². The third kappa shape index (κ3) is 10.7. The number of carbonyl (C=O) groups excluding carboxylic acids is 5. The number of carbonyl (C=O) groups is 8. The molecule has 0 radical (unpaired) electrons. The summed E-state index contributed by atoms with van der Waals surface area (Å²) in [5, 5.41) is 47.8. The molecule has 6 atom stereocenters. The lowest BCUT2D eigenvalue weighted by atomic mass is 10.0. The molecule has 0 aliphatic carbocycles. The molecule has 1 aliphatic rings. The summed E-state index contributed by atoms with van der Waals surface area (Å²) in [5.74, 6) is -9.51. The molecule has 19 heteroatoms. The number of fused-ring (bicyclic) bond motifs is 1.